The van der Waals surface area contributed by atoms with E-state index < -0.39 is 5.97 Å². The molecule has 0 atom stereocenters. The maximum atomic E-state index is 11.6. The maximum absolute atomic E-state index is 11.6. The Balaban J connectivity index is 2.51. The Hall–Kier alpha value is -2.24. The van der Waals surface area contributed by atoms with Crippen molar-refractivity contribution in [3.05, 3.63) is 29.3 Å². The van der Waals surface area contributed by atoms with Crippen LogP contribution < -0.4 is 15.4 Å². The van der Waals surface area contributed by atoms with E-state index in [-0.39, 0.29) is 19.0 Å². The number of rotatable bonds is 9. The van der Waals surface area contributed by atoms with Crippen LogP contribution in [0.5, 0.6) is 5.75 Å². The third-order valence-corrected chi connectivity index (χ3v) is 3.24. The normalized spacial score (nSPS) is 10.4. The van der Waals surface area contributed by atoms with Crippen molar-refractivity contribution < 1.29 is 19.4 Å². The van der Waals surface area contributed by atoms with Gasteiger partial charge in [-0.1, -0.05) is 26.0 Å². The average Bonchev–Trinajstić information content (AvgIpc) is 2.45. The minimum Gasteiger partial charge on any atom is -0.493 e. The smallest absolute Gasteiger partial charge is 0.315 e. The van der Waals surface area contributed by atoms with Crippen molar-refractivity contribution in [3.8, 4) is 5.75 Å². The highest BCUT2D eigenvalue weighted by molar-refractivity contribution is 5.75. The van der Waals surface area contributed by atoms with Gasteiger partial charge in [0, 0.05) is 18.7 Å². The molecule has 1 aromatic carbocycles. The first-order valence-electron chi connectivity index (χ1n) is 7.84. The molecule has 23 heavy (non-hydrogen) atoms. The SMILES string of the molecule is Cc1ccc(CNC(=O)NCCC(=O)O)c(OCCC(C)C)c1. The van der Waals surface area contributed by atoms with Gasteiger partial charge < -0.3 is 20.5 Å². The molecule has 0 radical (unpaired) electrons. The second kappa shape index (κ2) is 9.71. The van der Waals surface area contributed by atoms with E-state index in [0.717, 1.165) is 23.3 Å². The Labute approximate surface area is 137 Å². The molecule has 0 fully saturated rings. The molecule has 6 heteroatoms. The molecule has 0 bridgehead atoms. The Kier molecular flexibility index (Phi) is 7.94. The van der Waals surface area contributed by atoms with Crippen LogP contribution in [0.2, 0.25) is 0 Å². The zero-order chi connectivity index (χ0) is 17.2. The second-order valence-corrected chi connectivity index (χ2v) is 5.90. The molecule has 0 aliphatic carbocycles. The summed E-state index contributed by atoms with van der Waals surface area (Å²) in [6.07, 6.45) is 0.873. The highest BCUT2D eigenvalue weighted by atomic mass is 16.5. The van der Waals surface area contributed by atoms with E-state index in [2.05, 4.69) is 24.5 Å². The molecule has 0 unspecified atom stereocenters. The van der Waals surface area contributed by atoms with Crippen molar-refractivity contribution in [2.24, 2.45) is 5.92 Å². The highest BCUT2D eigenvalue weighted by Gasteiger charge is 2.07. The summed E-state index contributed by atoms with van der Waals surface area (Å²) in [4.78, 5) is 22.0. The van der Waals surface area contributed by atoms with Crippen LogP contribution in [0.15, 0.2) is 18.2 Å². The van der Waals surface area contributed by atoms with Crippen molar-refractivity contribution in [1.82, 2.24) is 10.6 Å². The summed E-state index contributed by atoms with van der Waals surface area (Å²) in [5, 5.41) is 13.7. The minimum absolute atomic E-state index is 0.0957. The van der Waals surface area contributed by atoms with E-state index in [1.54, 1.807) is 0 Å². The molecule has 1 rings (SSSR count). The molecule has 3 N–H and O–H groups in total. The molecular formula is C17H26N2O4. The molecule has 0 saturated heterocycles. The summed E-state index contributed by atoms with van der Waals surface area (Å²) in [6, 6.07) is 5.46. The first-order chi connectivity index (χ1) is 10.9. The summed E-state index contributed by atoms with van der Waals surface area (Å²) in [6.45, 7) is 7.35. The number of carbonyl (C=O) groups excluding carboxylic acids is 1. The number of ether oxygens (including phenoxy) is 1. The molecule has 0 spiro atoms. The van der Waals surface area contributed by atoms with Crippen molar-refractivity contribution in [2.75, 3.05) is 13.2 Å². The Morgan fingerprint density at radius 3 is 2.65 bits per heavy atom. The van der Waals surface area contributed by atoms with Gasteiger partial charge in [0.15, 0.2) is 0 Å². The van der Waals surface area contributed by atoms with Crippen LogP contribution in [0.4, 0.5) is 4.79 Å². The zero-order valence-corrected chi connectivity index (χ0v) is 14.0. The molecule has 2 amide bonds. The van der Waals surface area contributed by atoms with Crippen LogP contribution in [0, 0.1) is 12.8 Å². The van der Waals surface area contributed by atoms with Gasteiger partial charge in [-0.05, 0) is 30.9 Å². The van der Waals surface area contributed by atoms with Crippen molar-refractivity contribution in [1.29, 1.82) is 0 Å². The van der Waals surface area contributed by atoms with E-state index in [0.29, 0.717) is 19.1 Å². The van der Waals surface area contributed by atoms with Gasteiger partial charge in [0.05, 0.1) is 13.0 Å². The van der Waals surface area contributed by atoms with Crippen LogP contribution in [0.25, 0.3) is 0 Å². The van der Waals surface area contributed by atoms with Crippen molar-refractivity contribution in [2.45, 2.75) is 40.2 Å². The zero-order valence-electron chi connectivity index (χ0n) is 14.0. The largest absolute Gasteiger partial charge is 0.493 e. The Morgan fingerprint density at radius 1 is 1.26 bits per heavy atom. The summed E-state index contributed by atoms with van der Waals surface area (Å²) in [5.74, 6) is 0.405. The number of urea groups is 1. The lowest BCUT2D eigenvalue weighted by atomic mass is 10.1. The third kappa shape index (κ3) is 8.09. The van der Waals surface area contributed by atoms with Gasteiger partial charge in [0.1, 0.15) is 5.75 Å². The van der Waals surface area contributed by atoms with Crippen LogP contribution in [0.3, 0.4) is 0 Å². The first-order valence-corrected chi connectivity index (χ1v) is 7.84. The van der Waals surface area contributed by atoms with E-state index in [9.17, 15) is 9.59 Å². The summed E-state index contributed by atoms with van der Waals surface area (Å²) >= 11 is 0. The molecule has 0 saturated carbocycles. The molecular weight excluding hydrogens is 296 g/mol. The van der Waals surface area contributed by atoms with Gasteiger partial charge in [-0.25, -0.2) is 4.79 Å². The molecule has 0 aliphatic rings. The van der Waals surface area contributed by atoms with Gasteiger partial charge in [-0.3, -0.25) is 4.79 Å². The maximum Gasteiger partial charge on any atom is 0.315 e. The summed E-state index contributed by atoms with van der Waals surface area (Å²) in [5.41, 5.74) is 1.99. The molecule has 128 valence electrons. The fourth-order valence-electron chi connectivity index (χ4n) is 1.87. The standard InChI is InChI=1S/C17H26N2O4/c1-12(2)7-9-23-15-10-13(3)4-5-14(15)11-19-17(22)18-8-6-16(20)21/h4-5,10,12H,6-9,11H2,1-3H3,(H,20,21)(H2,18,19,22). The Morgan fingerprint density at radius 2 is 2.00 bits per heavy atom. The summed E-state index contributed by atoms with van der Waals surface area (Å²) in [7, 11) is 0. The number of amides is 2. The predicted molar refractivity (Wildman–Crippen MR) is 88.6 cm³/mol. The predicted octanol–water partition coefficient (Wildman–Crippen LogP) is 2.69. The first kappa shape index (κ1) is 18.8. The van der Waals surface area contributed by atoms with Crippen molar-refractivity contribution in [3.63, 3.8) is 0 Å². The topological polar surface area (TPSA) is 87.7 Å². The number of carbonyl (C=O) groups is 2. The van der Waals surface area contributed by atoms with Gasteiger partial charge in [-0.2, -0.15) is 0 Å². The third-order valence-electron chi connectivity index (χ3n) is 3.24. The lowest BCUT2D eigenvalue weighted by Crippen LogP contribution is -2.36. The number of carboxylic acid groups (broad SMARTS) is 1. The molecule has 0 aliphatic heterocycles. The lowest BCUT2D eigenvalue weighted by molar-refractivity contribution is -0.136. The average molecular weight is 322 g/mol. The molecule has 0 aromatic heterocycles. The van der Waals surface area contributed by atoms with Gasteiger partial charge >= 0.3 is 12.0 Å². The number of aliphatic carboxylic acids is 1. The van der Waals surface area contributed by atoms with Crippen LogP contribution >= 0.6 is 0 Å². The number of aryl methyl sites for hydroxylation is 1. The van der Waals surface area contributed by atoms with Gasteiger partial charge in [0.25, 0.3) is 0 Å². The van der Waals surface area contributed by atoms with E-state index >= 15 is 0 Å². The molecule has 6 nitrogen and oxygen atoms in total. The quantitative estimate of drug-likeness (QED) is 0.652. The fraction of sp³-hybridized carbons (Fsp3) is 0.529. The van der Waals surface area contributed by atoms with E-state index in [1.807, 2.05) is 25.1 Å². The van der Waals surface area contributed by atoms with E-state index in [4.69, 9.17) is 9.84 Å². The van der Waals surface area contributed by atoms with Crippen LogP contribution in [-0.2, 0) is 11.3 Å². The summed E-state index contributed by atoms with van der Waals surface area (Å²) < 4.78 is 5.82. The number of hydrogen-bond donors (Lipinski definition) is 3. The molecule has 1 aromatic rings. The number of nitrogens with one attached hydrogen (secondary N) is 2. The van der Waals surface area contributed by atoms with Gasteiger partial charge in [-0.15, -0.1) is 0 Å². The fourth-order valence-corrected chi connectivity index (χ4v) is 1.87. The van der Waals surface area contributed by atoms with E-state index in [1.165, 1.54) is 0 Å². The Bertz CT molecular complexity index is 529. The van der Waals surface area contributed by atoms with Crippen LogP contribution in [-0.4, -0.2) is 30.3 Å². The monoisotopic (exact) mass is 322 g/mol. The number of hydrogen-bond acceptors (Lipinski definition) is 3. The minimum atomic E-state index is -0.940. The second-order valence-electron chi connectivity index (χ2n) is 5.90. The van der Waals surface area contributed by atoms with Crippen molar-refractivity contribution >= 4 is 12.0 Å². The molecule has 0 heterocycles. The number of benzene rings is 1. The highest BCUT2D eigenvalue weighted by Crippen LogP contribution is 2.21. The lowest BCUT2D eigenvalue weighted by Gasteiger charge is -2.14. The number of carboxylic acids is 1. The van der Waals surface area contributed by atoms with Crippen LogP contribution in [0.1, 0.15) is 37.8 Å². The van der Waals surface area contributed by atoms with Gasteiger partial charge in [0.2, 0.25) is 0 Å².